The fraction of sp³-hybridized carbons (Fsp3) is 0.647. The maximum absolute atomic E-state index is 12.3. The molecule has 0 aliphatic heterocycles. The first-order chi connectivity index (χ1) is 12.4. The molecule has 1 aromatic heterocycles. The van der Waals surface area contributed by atoms with Gasteiger partial charge in [-0.25, -0.2) is 0 Å². The van der Waals surface area contributed by atoms with Gasteiger partial charge in [-0.15, -0.1) is 0 Å². The summed E-state index contributed by atoms with van der Waals surface area (Å²) in [4.78, 5) is 34.9. The molecule has 1 aliphatic carbocycles. The van der Waals surface area contributed by atoms with Crippen molar-refractivity contribution >= 4 is 17.7 Å². The summed E-state index contributed by atoms with van der Waals surface area (Å²) >= 11 is 0. The highest BCUT2D eigenvalue weighted by Gasteiger charge is 2.37. The largest absolute Gasteiger partial charge is 0.391 e. The molecule has 1 aliphatic rings. The third kappa shape index (κ3) is 5.83. The van der Waals surface area contributed by atoms with Crippen molar-refractivity contribution in [2.45, 2.75) is 58.3 Å². The van der Waals surface area contributed by atoms with Crippen LogP contribution >= 0.6 is 0 Å². The standard InChI is InChI=1S/C17H27N5O4/c1-3-4-22-10-12(8-20-22)7-19-17(26)13-5-14(15(24)6-13)21-16(25)9-18-11(2)23/h8,10,13-15,24H,3-7,9H2,1-2H3,(H,18,23)(H,19,26)(H,21,25)/t13-,14-,15-/m0/s1. The molecule has 0 bridgehead atoms. The summed E-state index contributed by atoms with van der Waals surface area (Å²) in [6.07, 6.45) is 4.50. The normalized spacial score (nSPS) is 22.0. The van der Waals surface area contributed by atoms with Gasteiger partial charge < -0.3 is 21.1 Å². The van der Waals surface area contributed by atoms with E-state index in [4.69, 9.17) is 0 Å². The average Bonchev–Trinajstić information content (AvgIpc) is 3.18. The Balaban J connectivity index is 1.77. The molecular weight excluding hydrogens is 338 g/mol. The van der Waals surface area contributed by atoms with E-state index in [1.807, 2.05) is 10.9 Å². The number of hydrogen-bond acceptors (Lipinski definition) is 5. The maximum atomic E-state index is 12.3. The summed E-state index contributed by atoms with van der Waals surface area (Å²) < 4.78 is 1.83. The molecule has 26 heavy (non-hydrogen) atoms. The van der Waals surface area contributed by atoms with Crippen LogP contribution in [0.1, 0.15) is 38.7 Å². The summed E-state index contributed by atoms with van der Waals surface area (Å²) in [5.41, 5.74) is 0.922. The molecule has 1 heterocycles. The van der Waals surface area contributed by atoms with Crippen molar-refractivity contribution in [1.29, 1.82) is 0 Å². The highest BCUT2D eigenvalue weighted by atomic mass is 16.3. The van der Waals surface area contributed by atoms with Crippen LogP contribution in [0.4, 0.5) is 0 Å². The lowest BCUT2D eigenvalue weighted by Gasteiger charge is -2.16. The number of carbonyl (C=O) groups excluding carboxylic acids is 3. The van der Waals surface area contributed by atoms with Crippen molar-refractivity contribution in [2.75, 3.05) is 6.54 Å². The van der Waals surface area contributed by atoms with Gasteiger partial charge in [0.2, 0.25) is 17.7 Å². The van der Waals surface area contributed by atoms with Gasteiger partial charge in [0.1, 0.15) is 0 Å². The van der Waals surface area contributed by atoms with Crippen molar-refractivity contribution in [3.63, 3.8) is 0 Å². The first kappa shape index (κ1) is 19.9. The van der Waals surface area contributed by atoms with Crippen LogP contribution in [0, 0.1) is 5.92 Å². The number of aliphatic hydroxyl groups is 1. The molecule has 0 aromatic carbocycles. The first-order valence-corrected chi connectivity index (χ1v) is 8.90. The number of amides is 3. The van der Waals surface area contributed by atoms with E-state index in [1.165, 1.54) is 6.92 Å². The van der Waals surface area contributed by atoms with Crippen molar-refractivity contribution in [3.05, 3.63) is 18.0 Å². The molecular formula is C17H27N5O4. The van der Waals surface area contributed by atoms with Crippen molar-refractivity contribution < 1.29 is 19.5 Å². The van der Waals surface area contributed by atoms with E-state index in [2.05, 4.69) is 28.0 Å². The van der Waals surface area contributed by atoms with Crippen molar-refractivity contribution in [1.82, 2.24) is 25.7 Å². The van der Waals surface area contributed by atoms with Gasteiger partial charge in [-0.2, -0.15) is 5.10 Å². The minimum atomic E-state index is -0.778. The zero-order valence-corrected chi connectivity index (χ0v) is 15.2. The highest BCUT2D eigenvalue weighted by molar-refractivity contribution is 5.84. The summed E-state index contributed by atoms with van der Waals surface area (Å²) in [7, 11) is 0. The molecule has 1 aromatic rings. The lowest BCUT2D eigenvalue weighted by atomic mass is 10.1. The molecule has 144 valence electrons. The topological polar surface area (TPSA) is 125 Å². The van der Waals surface area contributed by atoms with E-state index in [0.717, 1.165) is 18.5 Å². The lowest BCUT2D eigenvalue weighted by Crippen LogP contribution is -2.44. The summed E-state index contributed by atoms with van der Waals surface area (Å²) in [6, 6.07) is -0.487. The SMILES string of the molecule is CCCn1cc(CNC(=O)[C@H]2C[C@H](NC(=O)CNC(C)=O)[C@@H](O)C2)cn1. The highest BCUT2D eigenvalue weighted by Crippen LogP contribution is 2.26. The number of carbonyl (C=O) groups is 3. The average molecular weight is 365 g/mol. The Kier molecular flexibility index (Phi) is 7.14. The first-order valence-electron chi connectivity index (χ1n) is 8.90. The van der Waals surface area contributed by atoms with Crippen LogP contribution in [0.3, 0.4) is 0 Å². The van der Waals surface area contributed by atoms with Gasteiger partial charge in [-0.05, 0) is 19.3 Å². The second-order valence-corrected chi connectivity index (χ2v) is 6.65. The smallest absolute Gasteiger partial charge is 0.239 e. The zero-order chi connectivity index (χ0) is 19.1. The Labute approximate surface area is 152 Å². The molecule has 1 fully saturated rings. The van der Waals surface area contributed by atoms with Crippen LogP contribution in [0.25, 0.3) is 0 Å². The van der Waals surface area contributed by atoms with Gasteiger partial charge in [0, 0.05) is 37.7 Å². The fourth-order valence-electron chi connectivity index (χ4n) is 3.03. The Morgan fingerprint density at radius 1 is 1.31 bits per heavy atom. The number of hydrogen-bond donors (Lipinski definition) is 4. The van der Waals surface area contributed by atoms with Crippen LogP contribution in [-0.4, -0.2) is 51.3 Å². The lowest BCUT2D eigenvalue weighted by molar-refractivity contribution is -0.126. The van der Waals surface area contributed by atoms with Gasteiger partial charge in [0.25, 0.3) is 0 Å². The molecule has 0 saturated heterocycles. The quantitative estimate of drug-likeness (QED) is 0.485. The van der Waals surface area contributed by atoms with Crippen molar-refractivity contribution in [3.8, 4) is 0 Å². The minimum Gasteiger partial charge on any atom is -0.391 e. The fourth-order valence-corrected chi connectivity index (χ4v) is 3.03. The number of nitrogens with one attached hydrogen (secondary N) is 3. The number of nitrogens with zero attached hydrogens (tertiary/aromatic N) is 2. The van der Waals surface area contributed by atoms with Gasteiger partial charge in [0.15, 0.2) is 0 Å². The van der Waals surface area contributed by atoms with Crippen LogP contribution in [0.2, 0.25) is 0 Å². The molecule has 3 atom stereocenters. The van der Waals surface area contributed by atoms with Gasteiger partial charge in [-0.1, -0.05) is 6.92 Å². The Hall–Kier alpha value is -2.42. The van der Waals surface area contributed by atoms with Gasteiger partial charge in [-0.3, -0.25) is 19.1 Å². The van der Waals surface area contributed by atoms with Crippen LogP contribution in [0.15, 0.2) is 12.4 Å². The second kappa shape index (κ2) is 9.33. The Bertz CT molecular complexity index is 645. The van der Waals surface area contributed by atoms with Crippen LogP contribution < -0.4 is 16.0 Å². The van der Waals surface area contributed by atoms with E-state index in [9.17, 15) is 19.5 Å². The number of aromatic nitrogens is 2. The second-order valence-electron chi connectivity index (χ2n) is 6.65. The number of aliphatic hydroxyl groups excluding tert-OH is 1. The summed E-state index contributed by atoms with van der Waals surface area (Å²) in [5, 5.41) is 22.2. The maximum Gasteiger partial charge on any atom is 0.239 e. The minimum absolute atomic E-state index is 0.142. The third-order valence-electron chi connectivity index (χ3n) is 4.35. The Morgan fingerprint density at radius 3 is 2.77 bits per heavy atom. The predicted molar refractivity (Wildman–Crippen MR) is 93.7 cm³/mol. The molecule has 9 heteroatoms. The molecule has 0 radical (unpaired) electrons. The zero-order valence-electron chi connectivity index (χ0n) is 15.2. The van der Waals surface area contributed by atoms with E-state index in [1.54, 1.807) is 6.20 Å². The Morgan fingerprint density at radius 2 is 2.08 bits per heavy atom. The molecule has 0 spiro atoms. The number of rotatable bonds is 8. The summed E-state index contributed by atoms with van der Waals surface area (Å²) in [5.74, 6) is -1.19. The third-order valence-corrected chi connectivity index (χ3v) is 4.35. The van der Waals surface area contributed by atoms with E-state index < -0.39 is 12.1 Å². The number of aryl methyl sites for hydroxylation is 1. The summed E-state index contributed by atoms with van der Waals surface area (Å²) in [6.45, 7) is 4.47. The molecule has 2 rings (SSSR count). The van der Waals surface area contributed by atoms with Crippen LogP contribution in [-0.2, 0) is 27.5 Å². The van der Waals surface area contributed by atoms with Crippen LogP contribution in [0.5, 0.6) is 0 Å². The van der Waals surface area contributed by atoms with E-state index in [-0.39, 0.29) is 30.2 Å². The van der Waals surface area contributed by atoms with Crippen molar-refractivity contribution in [2.24, 2.45) is 5.92 Å². The molecule has 4 N–H and O–H groups in total. The van der Waals surface area contributed by atoms with Gasteiger partial charge in [0.05, 0.1) is 24.9 Å². The van der Waals surface area contributed by atoms with E-state index in [0.29, 0.717) is 19.4 Å². The molecule has 0 unspecified atom stereocenters. The molecule has 3 amide bonds. The molecule has 1 saturated carbocycles. The monoisotopic (exact) mass is 365 g/mol. The van der Waals surface area contributed by atoms with E-state index >= 15 is 0 Å². The molecule has 9 nitrogen and oxygen atoms in total. The predicted octanol–water partition coefficient (Wildman–Crippen LogP) is -0.699. The van der Waals surface area contributed by atoms with Gasteiger partial charge >= 0.3 is 0 Å².